The van der Waals surface area contributed by atoms with E-state index in [0.717, 1.165) is 53.4 Å². The molecule has 1 aliphatic heterocycles. The Balaban J connectivity index is 1.43. The zero-order chi connectivity index (χ0) is 24.3. The molecule has 4 rings (SSSR count). The Morgan fingerprint density at radius 1 is 1.12 bits per heavy atom. The first-order chi connectivity index (χ1) is 16.2. The number of hydrogen-bond donors (Lipinski definition) is 1. The highest BCUT2D eigenvalue weighted by Crippen LogP contribution is 2.36. The van der Waals surface area contributed by atoms with Crippen LogP contribution < -0.4 is 5.32 Å². The largest absolute Gasteiger partial charge is 0.369 e. The average Bonchev–Trinajstić information content (AvgIpc) is 3.15. The molecular weight excluding hydrogens is 515 g/mol. The molecule has 0 aliphatic carbocycles. The molecule has 0 amide bonds. The Morgan fingerprint density at radius 2 is 1.85 bits per heavy atom. The van der Waals surface area contributed by atoms with Crippen LogP contribution >= 0.6 is 34.5 Å². The number of nitrogens with one attached hydrogen (secondary N) is 1. The van der Waals surface area contributed by atoms with Gasteiger partial charge in [0.15, 0.2) is 0 Å². The van der Waals surface area contributed by atoms with Crippen molar-refractivity contribution in [1.82, 2.24) is 24.1 Å². The number of halogens is 2. The number of sulfonamides is 1. The zero-order valence-corrected chi connectivity index (χ0v) is 22.3. The van der Waals surface area contributed by atoms with Crippen molar-refractivity contribution in [3.63, 3.8) is 0 Å². The molecule has 2 aromatic heterocycles. The van der Waals surface area contributed by atoms with E-state index in [2.05, 4.69) is 29.2 Å². The normalized spacial score (nSPS) is 15.9. The van der Waals surface area contributed by atoms with Gasteiger partial charge in [0.05, 0.1) is 16.4 Å². The predicted octanol–water partition coefficient (Wildman–Crippen LogP) is 3.87. The molecule has 12 heteroatoms. The van der Waals surface area contributed by atoms with Gasteiger partial charge in [0.25, 0.3) is 0 Å². The second-order valence-corrected chi connectivity index (χ2v) is 12.6. The van der Waals surface area contributed by atoms with E-state index in [1.165, 1.54) is 10.4 Å². The van der Waals surface area contributed by atoms with Crippen LogP contribution in [0.3, 0.4) is 0 Å². The summed E-state index contributed by atoms with van der Waals surface area (Å²) < 4.78 is 28.0. The molecule has 1 aromatic carbocycles. The van der Waals surface area contributed by atoms with Crippen LogP contribution in [0.5, 0.6) is 0 Å². The summed E-state index contributed by atoms with van der Waals surface area (Å²) in [6, 6.07) is 9.40. The van der Waals surface area contributed by atoms with Crippen LogP contribution in [0.15, 0.2) is 35.2 Å². The van der Waals surface area contributed by atoms with Crippen molar-refractivity contribution in [2.45, 2.75) is 17.9 Å². The van der Waals surface area contributed by atoms with Crippen LogP contribution in [-0.4, -0.2) is 85.9 Å². The Bertz CT molecular complexity index is 1240. The molecule has 1 N–H and O–H groups in total. The zero-order valence-electron chi connectivity index (χ0n) is 19.2. The van der Waals surface area contributed by atoms with E-state index in [4.69, 9.17) is 33.2 Å². The monoisotopic (exact) mass is 542 g/mol. The van der Waals surface area contributed by atoms with Gasteiger partial charge in [-0.1, -0.05) is 35.3 Å². The van der Waals surface area contributed by atoms with Crippen LogP contribution in [0, 0.1) is 0 Å². The first-order valence-corrected chi connectivity index (χ1v) is 14.1. The van der Waals surface area contributed by atoms with Crippen LogP contribution in [0.1, 0.15) is 12.2 Å². The molecule has 0 atom stereocenters. The smallest absolute Gasteiger partial charge is 0.245 e. The van der Waals surface area contributed by atoms with Gasteiger partial charge in [0.1, 0.15) is 20.9 Å². The highest BCUT2D eigenvalue weighted by Gasteiger charge is 2.31. The maximum atomic E-state index is 13.0. The number of rotatable bonds is 9. The van der Waals surface area contributed by atoms with E-state index in [9.17, 15) is 8.42 Å². The van der Waals surface area contributed by atoms with Gasteiger partial charge in [-0.2, -0.15) is 4.31 Å². The highest BCUT2D eigenvalue weighted by molar-refractivity contribution is 7.89. The number of para-hydroxylation sites is 1. The third-order valence-electron chi connectivity index (χ3n) is 5.66. The molecule has 1 saturated heterocycles. The fraction of sp³-hybridized carbons (Fsp3) is 0.455. The number of thiophene rings is 1. The number of piperazine rings is 1. The summed E-state index contributed by atoms with van der Waals surface area (Å²) in [7, 11) is 0.459. The Hall–Kier alpha value is -1.53. The van der Waals surface area contributed by atoms with E-state index in [0.29, 0.717) is 37.1 Å². The maximum absolute atomic E-state index is 13.0. The number of hydrogen-bond acceptors (Lipinski definition) is 8. The lowest BCUT2D eigenvalue weighted by atomic mass is 10.2. The van der Waals surface area contributed by atoms with Crippen LogP contribution in [-0.2, 0) is 16.6 Å². The molecule has 0 saturated carbocycles. The lowest BCUT2D eigenvalue weighted by Crippen LogP contribution is -2.48. The summed E-state index contributed by atoms with van der Waals surface area (Å²) >= 11 is 13.1. The van der Waals surface area contributed by atoms with Crippen molar-refractivity contribution >= 4 is 61.3 Å². The summed E-state index contributed by atoms with van der Waals surface area (Å²) in [5.74, 6) is 1.56. The van der Waals surface area contributed by atoms with Crippen molar-refractivity contribution in [3.05, 3.63) is 44.8 Å². The van der Waals surface area contributed by atoms with Gasteiger partial charge in [-0.15, -0.1) is 11.3 Å². The Kier molecular flexibility index (Phi) is 8.29. The topological polar surface area (TPSA) is 81.7 Å². The summed E-state index contributed by atoms with van der Waals surface area (Å²) in [5, 5.41) is 4.47. The van der Waals surface area contributed by atoms with Gasteiger partial charge in [-0.3, -0.25) is 4.90 Å². The van der Waals surface area contributed by atoms with Gasteiger partial charge in [-0.25, -0.2) is 18.4 Å². The molecule has 8 nitrogen and oxygen atoms in total. The summed E-state index contributed by atoms with van der Waals surface area (Å²) in [5.41, 5.74) is 0.896. The Morgan fingerprint density at radius 3 is 2.53 bits per heavy atom. The van der Waals surface area contributed by atoms with Gasteiger partial charge in [0, 0.05) is 38.1 Å². The van der Waals surface area contributed by atoms with Crippen molar-refractivity contribution in [2.75, 3.05) is 58.7 Å². The van der Waals surface area contributed by atoms with Gasteiger partial charge < -0.3 is 10.2 Å². The minimum Gasteiger partial charge on any atom is -0.369 e. The van der Waals surface area contributed by atoms with E-state index in [1.54, 1.807) is 0 Å². The van der Waals surface area contributed by atoms with Crippen molar-refractivity contribution in [1.29, 1.82) is 0 Å². The average molecular weight is 544 g/mol. The molecule has 0 radical (unpaired) electrons. The minimum absolute atomic E-state index is 0.0838. The van der Waals surface area contributed by atoms with Gasteiger partial charge in [-0.05, 0) is 45.3 Å². The molecule has 34 heavy (non-hydrogen) atoms. The summed E-state index contributed by atoms with van der Waals surface area (Å²) in [6.45, 7) is 4.27. The van der Waals surface area contributed by atoms with Crippen LogP contribution in [0.25, 0.3) is 10.9 Å². The second kappa shape index (κ2) is 11.0. The third-order valence-corrected chi connectivity index (χ3v) is 9.32. The molecule has 0 spiro atoms. The SMILES string of the molecule is CN(C)CCCNc1nc(CN2CCN(S(=O)(=O)c3cc(Cl)sc3Cl)CC2)nc2ccccc12. The summed E-state index contributed by atoms with van der Waals surface area (Å²) in [4.78, 5) is 14.0. The molecule has 3 aromatic rings. The Labute approximate surface area is 214 Å². The fourth-order valence-electron chi connectivity index (χ4n) is 3.90. The van der Waals surface area contributed by atoms with Crippen LogP contribution in [0.2, 0.25) is 8.67 Å². The van der Waals surface area contributed by atoms with E-state index >= 15 is 0 Å². The number of benzene rings is 1. The molecule has 0 unspecified atom stereocenters. The molecule has 1 fully saturated rings. The molecule has 3 heterocycles. The van der Waals surface area contributed by atoms with Crippen molar-refractivity contribution < 1.29 is 8.42 Å². The first-order valence-electron chi connectivity index (χ1n) is 11.1. The van der Waals surface area contributed by atoms with Crippen molar-refractivity contribution in [3.8, 4) is 0 Å². The minimum atomic E-state index is -3.67. The number of nitrogens with zero attached hydrogens (tertiary/aromatic N) is 5. The lowest BCUT2D eigenvalue weighted by Gasteiger charge is -2.33. The number of anilines is 1. The third kappa shape index (κ3) is 5.99. The van der Waals surface area contributed by atoms with Gasteiger partial charge in [0.2, 0.25) is 10.0 Å². The highest BCUT2D eigenvalue weighted by atomic mass is 35.5. The van der Waals surface area contributed by atoms with E-state index in [1.807, 2.05) is 24.3 Å². The standard InChI is InChI=1S/C22H28Cl2N6O2S2/c1-28(2)9-5-8-25-22-16-6-3-4-7-17(16)26-20(27-22)15-29-10-12-30(13-11-29)34(31,32)18-14-19(23)33-21(18)24/h3-4,6-7,14H,5,8-13,15H2,1-2H3,(H,25,26,27). The first kappa shape index (κ1) is 25.6. The number of fused-ring (bicyclic) bond motifs is 1. The van der Waals surface area contributed by atoms with E-state index in [-0.39, 0.29) is 9.23 Å². The molecule has 184 valence electrons. The quantitative estimate of drug-likeness (QED) is 0.411. The molecule has 0 bridgehead atoms. The van der Waals surface area contributed by atoms with Crippen molar-refractivity contribution in [2.24, 2.45) is 0 Å². The molecular formula is C22H28Cl2N6O2S2. The second-order valence-electron chi connectivity index (χ2n) is 8.46. The van der Waals surface area contributed by atoms with Crippen LogP contribution in [0.4, 0.5) is 5.82 Å². The predicted molar refractivity (Wildman–Crippen MR) is 140 cm³/mol. The van der Waals surface area contributed by atoms with E-state index < -0.39 is 10.0 Å². The fourth-order valence-corrected chi connectivity index (χ4v) is 7.44. The summed E-state index contributed by atoms with van der Waals surface area (Å²) in [6.07, 6.45) is 1.01. The molecule has 1 aliphatic rings. The lowest BCUT2D eigenvalue weighted by molar-refractivity contribution is 0.178. The van der Waals surface area contributed by atoms with Gasteiger partial charge >= 0.3 is 0 Å². The number of aromatic nitrogens is 2. The maximum Gasteiger partial charge on any atom is 0.245 e.